The molecule has 0 aromatic carbocycles. The summed E-state index contributed by atoms with van der Waals surface area (Å²) in [6.45, 7) is 11.0. The lowest BCUT2D eigenvalue weighted by atomic mass is 10.0. The Hall–Kier alpha value is -2.86. The summed E-state index contributed by atoms with van der Waals surface area (Å²) in [6.07, 6.45) is 8.19. The fourth-order valence-electron chi connectivity index (χ4n) is 11.0. The Morgan fingerprint density at radius 2 is 0.757 bits per heavy atom. The molecule has 22 heteroatoms. The van der Waals surface area contributed by atoms with Gasteiger partial charge < -0.3 is 49.4 Å². The zero-order chi connectivity index (χ0) is 52.3. The molecule has 8 fully saturated rings. The predicted octanol–water partition coefficient (Wildman–Crippen LogP) is 2.77. The molecule has 8 rings (SSSR count). The predicted molar refractivity (Wildman–Crippen MR) is 284 cm³/mol. The summed E-state index contributed by atoms with van der Waals surface area (Å²) in [4.78, 5) is 109. The van der Waals surface area contributed by atoms with E-state index in [9.17, 15) is 38.4 Å². The summed E-state index contributed by atoms with van der Waals surface area (Å²) in [7, 11) is 15.0. The number of carbonyl (C=O) groups is 8. The summed E-state index contributed by atoms with van der Waals surface area (Å²) in [5.74, 6) is 7.01. The number of carboxylic acids is 2. The van der Waals surface area contributed by atoms with Crippen molar-refractivity contribution < 1.29 is 48.6 Å². The van der Waals surface area contributed by atoms with E-state index in [1.165, 1.54) is 0 Å². The minimum atomic E-state index is -0.909. The van der Waals surface area contributed by atoms with Gasteiger partial charge in [0, 0.05) is 93.4 Å². The third-order valence-corrected chi connectivity index (χ3v) is 25.0. The lowest BCUT2D eigenvalue weighted by Crippen LogP contribution is -2.49. The fraction of sp³-hybridized carbons (Fsp3) is 0.792. The number of ketones is 2. The van der Waals surface area contributed by atoms with E-state index in [4.69, 9.17) is 10.2 Å². The highest BCUT2D eigenvalue weighted by Gasteiger charge is 2.55. The van der Waals surface area contributed by atoms with Gasteiger partial charge in [0.25, 0.3) is 0 Å². The summed E-state index contributed by atoms with van der Waals surface area (Å²) in [5.41, 5.74) is 0. The van der Waals surface area contributed by atoms with Crippen LogP contribution in [0.3, 0.4) is 0 Å². The van der Waals surface area contributed by atoms with Gasteiger partial charge in [0.05, 0.1) is 53.3 Å². The number of hydrogen-bond donors (Lipinski definition) is 2. The molecular formula is C48H80N8O10S4. The van der Waals surface area contributed by atoms with Gasteiger partial charge in [-0.1, -0.05) is 11.7 Å². The SMILES string of the molecule is C=S1C(CC(=O)O)C(=O)N(C)C12CCN(C)CC2.C=S1C(CC(C)=O)C(=O)N(C)C12CCN(C)CC2.CC(=O)CC1SC2(CCN(C)CC2)N(C)C1=O.CN1CCC2(CC1)SC(CC(=O)O)C(=O)N2C. The fourth-order valence-corrected chi connectivity index (χ4v) is 19.4. The van der Waals surface area contributed by atoms with Crippen LogP contribution in [0.15, 0.2) is 0 Å². The van der Waals surface area contributed by atoms with E-state index < -0.39 is 32.9 Å². The lowest BCUT2D eigenvalue weighted by Gasteiger charge is -2.43. The van der Waals surface area contributed by atoms with E-state index in [0.29, 0.717) is 12.8 Å². The second kappa shape index (κ2) is 23.6. The van der Waals surface area contributed by atoms with Gasteiger partial charge in [-0.15, -0.1) is 23.5 Å². The number of nitrogens with zero attached hydrogens (tertiary/aromatic N) is 8. The first kappa shape index (κ1) is 58.0. The van der Waals surface area contributed by atoms with Gasteiger partial charge in [0.2, 0.25) is 23.6 Å². The normalized spacial score (nSPS) is 30.6. The van der Waals surface area contributed by atoms with Crippen LogP contribution in [-0.2, 0) is 38.4 Å². The van der Waals surface area contributed by atoms with Crippen LogP contribution in [0.25, 0.3) is 0 Å². The van der Waals surface area contributed by atoms with Crippen LogP contribution in [0.5, 0.6) is 0 Å². The van der Waals surface area contributed by atoms with Crippen molar-refractivity contribution in [2.45, 2.75) is 131 Å². The molecule has 8 saturated heterocycles. The molecule has 0 bridgehead atoms. The van der Waals surface area contributed by atoms with Gasteiger partial charge in [0.15, 0.2) is 0 Å². The molecule has 8 aliphatic rings. The third kappa shape index (κ3) is 12.4. The minimum Gasteiger partial charge on any atom is -0.481 e. The van der Waals surface area contributed by atoms with Crippen molar-refractivity contribution in [3.8, 4) is 0 Å². The van der Waals surface area contributed by atoms with Gasteiger partial charge in [-0.2, -0.15) is 21.0 Å². The van der Waals surface area contributed by atoms with Crippen LogP contribution < -0.4 is 0 Å². The summed E-state index contributed by atoms with van der Waals surface area (Å²) >= 11 is 3.26. The Labute approximate surface area is 429 Å². The number of carbonyl (C=O) groups excluding carboxylic acids is 6. The van der Waals surface area contributed by atoms with Crippen molar-refractivity contribution in [3.05, 3.63) is 0 Å². The van der Waals surface area contributed by atoms with Gasteiger partial charge in [-0.25, -0.2) is 0 Å². The number of likely N-dealkylation sites (tertiary alicyclic amines) is 4. The van der Waals surface area contributed by atoms with Crippen LogP contribution in [0.1, 0.15) is 90.9 Å². The second-order valence-corrected chi connectivity index (χ2v) is 28.1. The van der Waals surface area contributed by atoms with Crippen molar-refractivity contribution in [3.63, 3.8) is 0 Å². The molecule has 0 aromatic heterocycles. The first-order valence-electron chi connectivity index (χ1n) is 24.3. The van der Waals surface area contributed by atoms with Crippen molar-refractivity contribution in [2.75, 3.05) is 109 Å². The third-order valence-electron chi connectivity index (χ3n) is 16.0. The Balaban J connectivity index is 0.000000174. The summed E-state index contributed by atoms with van der Waals surface area (Å²) < 4.78 is 0. The highest BCUT2D eigenvalue weighted by molar-refractivity contribution is 8.17. The Kier molecular flexibility index (Phi) is 19.5. The number of hydrogen-bond acceptors (Lipinski definition) is 14. The molecule has 0 radical (unpaired) electrons. The Morgan fingerprint density at radius 1 is 0.471 bits per heavy atom. The standard InChI is InChI=1S/C13H22N2O2S.C12H20N2O3S.C12H20N2O2S.C11H18N2O3S/c1-10(16)9-11-12(17)15(3)13(18(11)4)5-7-14(2)8-6-13;1-13-6-4-12(5-7-13)14(2)11(17)9(18(12)3)8-10(15)16;1-9(15)8-10-11(16)14(3)12(17-10)4-6-13(2)7-5-12;1-12-5-3-11(4-6-12)13(2)10(16)8(17-11)7-9(14)15/h11H,4-9H2,1-3H3;9H,3-8H2,1-2H3,(H,15,16);10H,4-8H2,1-3H3;8H,3-7H2,1-2H3,(H,14,15). The molecule has 70 heavy (non-hydrogen) atoms. The van der Waals surface area contributed by atoms with E-state index in [1.807, 2.05) is 30.9 Å². The van der Waals surface area contributed by atoms with E-state index in [1.54, 1.807) is 54.2 Å². The van der Waals surface area contributed by atoms with Crippen LogP contribution in [0.4, 0.5) is 0 Å². The monoisotopic (exact) mass is 1060 g/mol. The minimum absolute atomic E-state index is 0.0260. The number of amides is 4. The van der Waals surface area contributed by atoms with E-state index in [-0.39, 0.29) is 88.5 Å². The first-order valence-corrected chi connectivity index (χ1v) is 29.0. The van der Waals surface area contributed by atoms with Crippen molar-refractivity contribution in [2.24, 2.45) is 0 Å². The van der Waals surface area contributed by atoms with E-state index in [0.717, 1.165) is 104 Å². The number of rotatable bonds is 8. The number of aliphatic carboxylic acids is 2. The number of Topliss-reactive ketones (excluding diaryl/α,β-unsaturated/α-hetero) is 2. The molecule has 4 spiro atoms. The largest absolute Gasteiger partial charge is 0.481 e. The molecule has 4 amide bonds. The summed E-state index contributed by atoms with van der Waals surface area (Å²) in [6, 6.07) is 0. The Morgan fingerprint density at radius 3 is 1.06 bits per heavy atom. The highest BCUT2D eigenvalue weighted by atomic mass is 32.2. The highest BCUT2D eigenvalue weighted by Crippen LogP contribution is 2.54. The second-order valence-electron chi connectivity index (χ2n) is 20.6. The van der Waals surface area contributed by atoms with Gasteiger partial charge >= 0.3 is 11.9 Å². The maximum Gasteiger partial charge on any atom is 0.305 e. The average molecular weight is 1060 g/mol. The number of carboxylic acid groups (broad SMARTS) is 2. The molecule has 6 unspecified atom stereocenters. The zero-order valence-electron chi connectivity index (χ0n) is 43.2. The molecule has 396 valence electrons. The number of thioether (sulfide) groups is 2. The van der Waals surface area contributed by atoms with Crippen LogP contribution in [0.2, 0.25) is 0 Å². The molecule has 18 nitrogen and oxygen atoms in total. The van der Waals surface area contributed by atoms with Crippen molar-refractivity contribution >= 4 is 103 Å². The quantitative estimate of drug-likeness (QED) is 0.336. The topological polar surface area (TPSA) is 203 Å². The van der Waals surface area contributed by atoms with Gasteiger partial charge in [-0.05, 0) is 93.4 Å². The van der Waals surface area contributed by atoms with Gasteiger partial charge in [-0.3, -0.25) is 38.4 Å². The number of piperidine rings is 4. The van der Waals surface area contributed by atoms with Crippen LogP contribution in [-0.4, -0.2) is 258 Å². The molecule has 8 aliphatic heterocycles. The molecule has 2 N–H and O–H groups in total. The molecule has 0 aliphatic carbocycles. The summed E-state index contributed by atoms with van der Waals surface area (Å²) in [5, 5.41) is 16.6. The molecule has 0 saturated carbocycles. The molecule has 0 aromatic rings. The van der Waals surface area contributed by atoms with Crippen LogP contribution in [0, 0.1) is 0 Å². The lowest BCUT2D eigenvalue weighted by molar-refractivity contribution is -0.140. The van der Waals surface area contributed by atoms with Crippen molar-refractivity contribution in [1.29, 1.82) is 0 Å². The molecule has 6 atom stereocenters. The molecular weight excluding hydrogens is 977 g/mol. The van der Waals surface area contributed by atoms with Crippen LogP contribution >= 0.6 is 44.5 Å². The van der Waals surface area contributed by atoms with E-state index >= 15 is 0 Å². The van der Waals surface area contributed by atoms with Gasteiger partial charge in [0.1, 0.15) is 11.6 Å². The van der Waals surface area contributed by atoms with E-state index in [2.05, 4.69) is 59.5 Å². The Bertz CT molecular complexity index is 1900. The first-order chi connectivity index (χ1) is 32.7. The maximum absolute atomic E-state index is 12.3. The smallest absolute Gasteiger partial charge is 0.305 e. The van der Waals surface area contributed by atoms with Crippen molar-refractivity contribution in [1.82, 2.24) is 39.2 Å². The maximum atomic E-state index is 12.3. The average Bonchev–Trinajstić information content (AvgIpc) is 3.80. The molecule has 8 heterocycles. The zero-order valence-corrected chi connectivity index (χ0v) is 46.5.